The summed E-state index contributed by atoms with van der Waals surface area (Å²) in [6, 6.07) is 8.78. The minimum atomic E-state index is 0. The van der Waals surface area contributed by atoms with Crippen molar-refractivity contribution in [2.45, 2.75) is 46.1 Å². The van der Waals surface area contributed by atoms with E-state index < -0.39 is 0 Å². The zero-order valence-corrected chi connectivity index (χ0v) is 22.0. The molecule has 0 aliphatic rings. The number of rotatable bonds is 9. The van der Waals surface area contributed by atoms with Crippen LogP contribution in [0, 0.1) is 0 Å². The van der Waals surface area contributed by atoms with Crippen molar-refractivity contribution in [3.05, 3.63) is 47.3 Å². The van der Waals surface area contributed by atoms with E-state index in [9.17, 15) is 0 Å². The van der Waals surface area contributed by atoms with Crippen LogP contribution < -0.4 is 10.2 Å². The molecule has 2 rings (SSSR count). The molecule has 0 radical (unpaired) electrons. The van der Waals surface area contributed by atoms with Gasteiger partial charge < -0.3 is 15.1 Å². The van der Waals surface area contributed by atoms with Crippen LogP contribution in [0.25, 0.3) is 0 Å². The number of hydrogen-bond acceptors (Lipinski definition) is 3. The second-order valence-corrected chi connectivity index (χ2v) is 8.12. The van der Waals surface area contributed by atoms with Crippen molar-refractivity contribution >= 4 is 35.6 Å². The van der Waals surface area contributed by atoms with Crippen molar-refractivity contribution < 1.29 is 0 Å². The summed E-state index contributed by atoms with van der Waals surface area (Å²) in [5.74, 6) is 1.37. The summed E-state index contributed by atoms with van der Waals surface area (Å²) < 4.78 is 1.91. The number of anilines is 1. The monoisotopic (exact) mass is 526 g/mol. The quantitative estimate of drug-likeness (QED) is 0.230. The number of aromatic nitrogens is 2. The molecule has 0 aliphatic heterocycles. The van der Waals surface area contributed by atoms with E-state index in [0.29, 0.717) is 5.92 Å². The topological polar surface area (TPSA) is 48.7 Å². The lowest BCUT2D eigenvalue weighted by molar-refractivity contribution is 0.473. The molecule has 0 aliphatic carbocycles. The molecule has 0 atom stereocenters. The number of benzene rings is 1. The SMILES string of the molecule is CCNC(=NCCCc1ccc(N(C)C)cc1)N(C)Cc1cn(C)nc1C(C)C.I. The lowest BCUT2D eigenvalue weighted by atomic mass is 10.1. The van der Waals surface area contributed by atoms with Crippen LogP contribution in [0.4, 0.5) is 5.69 Å². The van der Waals surface area contributed by atoms with Crippen molar-refractivity contribution in [3.8, 4) is 0 Å². The summed E-state index contributed by atoms with van der Waals surface area (Å²) in [5.41, 5.74) is 5.02. The van der Waals surface area contributed by atoms with Crippen molar-refractivity contribution in [2.75, 3.05) is 39.1 Å². The smallest absolute Gasteiger partial charge is 0.193 e. The van der Waals surface area contributed by atoms with E-state index in [1.54, 1.807) is 0 Å². The van der Waals surface area contributed by atoms with E-state index in [2.05, 4.69) is 92.6 Å². The van der Waals surface area contributed by atoms with Crippen LogP contribution in [0.15, 0.2) is 35.5 Å². The molecule has 1 heterocycles. The second kappa shape index (κ2) is 12.8. The molecule has 0 saturated heterocycles. The fraction of sp³-hybridized carbons (Fsp3) is 0.565. The number of nitrogens with one attached hydrogen (secondary N) is 1. The maximum Gasteiger partial charge on any atom is 0.193 e. The van der Waals surface area contributed by atoms with E-state index in [1.165, 1.54) is 16.8 Å². The van der Waals surface area contributed by atoms with Gasteiger partial charge in [-0.15, -0.1) is 24.0 Å². The number of halogens is 1. The number of aryl methyl sites for hydroxylation is 2. The first-order chi connectivity index (χ1) is 13.8. The highest BCUT2D eigenvalue weighted by Crippen LogP contribution is 2.18. The molecule has 0 amide bonds. The first kappa shape index (κ1) is 26.3. The molecule has 0 fully saturated rings. The highest BCUT2D eigenvalue weighted by molar-refractivity contribution is 14.0. The maximum atomic E-state index is 4.85. The van der Waals surface area contributed by atoms with E-state index in [0.717, 1.165) is 44.1 Å². The van der Waals surface area contributed by atoms with Crippen molar-refractivity contribution in [2.24, 2.45) is 12.0 Å². The Balaban J connectivity index is 0.00000450. The van der Waals surface area contributed by atoms with Gasteiger partial charge in [0.25, 0.3) is 0 Å². The average molecular weight is 527 g/mol. The normalized spacial score (nSPS) is 11.4. The van der Waals surface area contributed by atoms with Gasteiger partial charge in [-0.25, -0.2) is 0 Å². The van der Waals surface area contributed by atoms with Gasteiger partial charge in [-0.2, -0.15) is 5.10 Å². The molecule has 0 unspecified atom stereocenters. The summed E-state index contributed by atoms with van der Waals surface area (Å²) in [5, 5.41) is 8.04. The number of nitrogens with zero attached hydrogens (tertiary/aromatic N) is 5. The molecule has 0 bridgehead atoms. The van der Waals surface area contributed by atoms with Crippen LogP contribution in [-0.2, 0) is 20.0 Å². The zero-order valence-electron chi connectivity index (χ0n) is 19.6. The summed E-state index contributed by atoms with van der Waals surface area (Å²) in [4.78, 5) is 9.17. The third-order valence-corrected chi connectivity index (χ3v) is 4.93. The van der Waals surface area contributed by atoms with Crippen LogP contribution in [0.2, 0.25) is 0 Å². The highest BCUT2D eigenvalue weighted by atomic mass is 127. The van der Waals surface area contributed by atoms with Gasteiger partial charge in [-0.05, 0) is 43.4 Å². The molecule has 1 N–H and O–H groups in total. The number of guanidine groups is 1. The Hall–Kier alpha value is -1.77. The van der Waals surface area contributed by atoms with Gasteiger partial charge in [0.15, 0.2) is 5.96 Å². The summed E-state index contributed by atoms with van der Waals surface area (Å²) >= 11 is 0. The Morgan fingerprint density at radius 2 is 1.83 bits per heavy atom. The molecule has 1 aromatic carbocycles. The average Bonchev–Trinajstić information content (AvgIpc) is 3.05. The van der Waals surface area contributed by atoms with E-state index in [-0.39, 0.29) is 24.0 Å². The standard InChI is InChI=1S/C23H38N6.HI/c1-8-24-23(28(6)16-20-17-29(7)26-22(20)18(2)3)25-15-9-10-19-11-13-21(14-12-19)27(4)5;/h11-14,17-18H,8-10,15-16H2,1-7H3,(H,24,25);1H. The van der Waals surface area contributed by atoms with Gasteiger partial charge in [0, 0.05) is 65.3 Å². The summed E-state index contributed by atoms with van der Waals surface area (Å²) in [6.45, 7) is 8.97. The van der Waals surface area contributed by atoms with Crippen molar-refractivity contribution in [1.29, 1.82) is 0 Å². The van der Waals surface area contributed by atoms with Crippen molar-refractivity contribution in [3.63, 3.8) is 0 Å². The van der Waals surface area contributed by atoms with Crippen LogP contribution >= 0.6 is 24.0 Å². The third kappa shape index (κ3) is 7.81. The first-order valence-corrected chi connectivity index (χ1v) is 10.6. The number of hydrogen-bond donors (Lipinski definition) is 1. The molecule has 2 aromatic rings. The van der Waals surface area contributed by atoms with Crippen molar-refractivity contribution in [1.82, 2.24) is 20.0 Å². The fourth-order valence-corrected chi connectivity index (χ4v) is 3.39. The van der Waals surface area contributed by atoms with Gasteiger partial charge in [0.2, 0.25) is 0 Å². The largest absolute Gasteiger partial charge is 0.378 e. The molecule has 7 heteroatoms. The molecular formula is C23H39IN6. The lowest BCUT2D eigenvalue weighted by Crippen LogP contribution is -2.38. The summed E-state index contributed by atoms with van der Waals surface area (Å²) in [7, 11) is 8.22. The lowest BCUT2D eigenvalue weighted by Gasteiger charge is -2.22. The van der Waals surface area contributed by atoms with Gasteiger partial charge in [-0.3, -0.25) is 9.67 Å². The highest BCUT2D eigenvalue weighted by Gasteiger charge is 2.15. The Kier molecular flexibility index (Phi) is 11.2. The Morgan fingerprint density at radius 3 is 2.40 bits per heavy atom. The predicted octanol–water partition coefficient (Wildman–Crippen LogP) is 4.26. The van der Waals surface area contributed by atoms with E-state index >= 15 is 0 Å². The first-order valence-electron chi connectivity index (χ1n) is 10.6. The third-order valence-electron chi connectivity index (χ3n) is 4.93. The van der Waals surface area contributed by atoms with Gasteiger partial charge >= 0.3 is 0 Å². The predicted molar refractivity (Wildman–Crippen MR) is 139 cm³/mol. The van der Waals surface area contributed by atoms with Gasteiger partial charge in [0.05, 0.1) is 5.69 Å². The molecule has 6 nitrogen and oxygen atoms in total. The van der Waals surface area contributed by atoms with Gasteiger partial charge in [-0.1, -0.05) is 26.0 Å². The van der Waals surface area contributed by atoms with Crippen LogP contribution in [0.5, 0.6) is 0 Å². The molecule has 1 aromatic heterocycles. The second-order valence-electron chi connectivity index (χ2n) is 8.12. The molecule has 30 heavy (non-hydrogen) atoms. The molecule has 168 valence electrons. The fourth-order valence-electron chi connectivity index (χ4n) is 3.39. The van der Waals surface area contributed by atoms with E-state index in [1.807, 2.05) is 11.7 Å². The van der Waals surface area contributed by atoms with E-state index in [4.69, 9.17) is 4.99 Å². The molecular weight excluding hydrogens is 487 g/mol. The Morgan fingerprint density at radius 1 is 1.17 bits per heavy atom. The van der Waals surface area contributed by atoms with Gasteiger partial charge in [0.1, 0.15) is 0 Å². The summed E-state index contributed by atoms with van der Waals surface area (Å²) in [6.07, 6.45) is 4.20. The maximum absolute atomic E-state index is 4.85. The van der Waals surface area contributed by atoms with Crippen LogP contribution in [0.3, 0.4) is 0 Å². The number of aliphatic imine (C=N–C) groups is 1. The van der Waals surface area contributed by atoms with Crippen LogP contribution in [0.1, 0.15) is 49.9 Å². The molecule has 0 saturated carbocycles. The minimum absolute atomic E-state index is 0. The van der Waals surface area contributed by atoms with Crippen LogP contribution in [-0.4, -0.2) is 54.9 Å². The Labute approximate surface area is 199 Å². The minimum Gasteiger partial charge on any atom is -0.378 e. The zero-order chi connectivity index (χ0) is 21.4. The molecule has 0 spiro atoms. The Bertz CT molecular complexity index is 779.